The van der Waals surface area contributed by atoms with E-state index in [1.165, 1.54) is 6.07 Å². The minimum absolute atomic E-state index is 0.102. The summed E-state index contributed by atoms with van der Waals surface area (Å²) in [5, 5.41) is 9.35. The second-order valence-corrected chi connectivity index (χ2v) is 9.90. The van der Waals surface area contributed by atoms with Gasteiger partial charge in [-0.2, -0.15) is 0 Å². The summed E-state index contributed by atoms with van der Waals surface area (Å²) in [7, 11) is 0. The number of carbonyl (C=O) groups is 2. The molecule has 1 amide bonds. The van der Waals surface area contributed by atoms with Crippen LogP contribution in [0.5, 0.6) is 0 Å². The van der Waals surface area contributed by atoms with Crippen molar-refractivity contribution < 1.29 is 28.6 Å². The molecule has 168 valence electrons. The Morgan fingerprint density at radius 2 is 1.80 bits per heavy atom. The second-order valence-electron chi connectivity index (χ2n) is 9.90. The fourth-order valence-corrected chi connectivity index (χ4v) is 3.56. The van der Waals surface area contributed by atoms with E-state index < -0.39 is 35.6 Å². The van der Waals surface area contributed by atoms with Crippen LogP contribution in [0.1, 0.15) is 59.1 Å². The van der Waals surface area contributed by atoms with Crippen LogP contribution in [0.15, 0.2) is 18.2 Å². The van der Waals surface area contributed by atoms with Gasteiger partial charge in [0.15, 0.2) is 0 Å². The lowest BCUT2D eigenvalue weighted by molar-refractivity contribution is -0.161. The highest BCUT2D eigenvalue weighted by atomic mass is 19.1. The van der Waals surface area contributed by atoms with Crippen LogP contribution in [-0.4, -0.2) is 46.4 Å². The zero-order valence-electron chi connectivity index (χ0n) is 18.8. The van der Waals surface area contributed by atoms with Crippen LogP contribution in [0.3, 0.4) is 0 Å². The third-order valence-corrected chi connectivity index (χ3v) is 4.89. The zero-order valence-corrected chi connectivity index (χ0v) is 18.8. The molecule has 0 bridgehead atoms. The number of ether oxygens (including phenoxy) is 2. The largest absolute Gasteiger partial charge is 0.460 e. The fraction of sp³-hybridized carbons (Fsp3) is 0.652. The Morgan fingerprint density at radius 3 is 2.37 bits per heavy atom. The number of aliphatic hydroxyl groups is 1. The lowest BCUT2D eigenvalue weighted by atomic mass is 9.85. The first-order valence-electron chi connectivity index (χ1n) is 10.4. The molecule has 0 unspecified atom stereocenters. The molecule has 1 heterocycles. The van der Waals surface area contributed by atoms with Crippen LogP contribution in [-0.2, 0) is 27.3 Å². The normalized spacial score (nSPS) is 18.3. The highest BCUT2D eigenvalue weighted by molar-refractivity contribution is 5.74. The molecule has 1 aliphatic heterocycles. The molecular formula is C23H34FNO5. The molecule has 1 aromatic carbocycles. The van der Waals surface area contributed by atoms with Gasteiger partial charge >= 0.3 is 12.1 Å². The van der Waals surface area contributed by atoms with Gasteiger partial charge in [-0.15, -0.1) is 0 Å². The number of esters is 1. The van der Waals surface area contributed by atoms with E-state index in [2.05, 4.69) is 0 Å². The average Bonchev–Trinajstić information content (AvgIpc) is 3.07. The molecule has 7 heteroatoms. The van der Waals surface area contributed by atoms with Gasteiger partial charge < -0.3 is 19.5 Å². The van der Waals surface area contributed by atoms with E-state index in [0.717, 1.165) is 5.56 Å². The van der Waals surface area contributed by atoms with Gasteiger partial charge in [0.25, 0.3) is 0 Å². The molecule has 0 aliphatic carbocycles. The summed E-state index contributed by atoms with van der Waals surface area (Å²) in [5.74, 6) is -1.41. The van der Waals surface area contributed by atoms with Crippen molar-refractivity contribution in [2.24, 2.45) is 11.8 Å². The molecule has 6 nitrogen and oxygen atoms in total. The summed E-state index contributed by atoms with van der Waals surface area (Å²) in [4.78, 5) is 27.0. The molecule has 0 saturated carbocycles. The summed E-state index contributed by atoms with van der Waals surface area (Å²) in [6.45, 7) is 11.4. The van der Waals surface area contributed by atoms with Crippen molar-refractivity contribution in [1.82, 2.24) is 4.90 Å². The first-order valence-corrected chi connectivity index (χ1v) is 10.4. The Morgan fingerprint density at radius 1 is 1.17 bits per heavy atom. The van der Waals surface area contributed by atoms with E-state index in [4.69, 9.17) is 9.47 Å². The number of rotatable bonds is 5. The monoisotopic (exact) mass is 423 g/mol. The molecule has 1 saturated heterocycles. The van der Waals surface area contributed by atoms with Gasteiger partial charge in [0.1, 0.15) is 17.0 Å². The molecule has 30 heavy (non-hydrogen) atoms. The maximum Gasteiger partial charge on any atom is 0.410 e. The minimum atomic E-state index is -0.641. The predicted molar refractivity (Wildman–Crippen MR) is 111 cm³/mol. The highest BCUT2D eigenvalue weighted by Crippen LogP contribution is 2.31. The smallest absolute Gasteiger partial charge is 0.410 e. The quantitative estimate of drug-likeness (QED) is 0.723. The number of benzene rings is 1. The highest BCUT2D eigenvalue weighted by Gasteiger charge is 2.39. The summed E-state index contributed by atoms with van der Waals surface area (Å²) < 4.78 is 24.9. The molecule has 1 fully saturated rings. The van der Waals surface area contributed by atoms with Crippen molar-refractivity contribution in [1.29, 1.82) is 0 Å². The molecule has 0 aromatic heterocycles. The summed E-state index contributed by atoms with van der Waals surface area (Å²) in [6, 6.07) is 4.49. The summed E-state index contributed by atoms with van der Waals surface area (Å²) in [5.41, 5.74) is -0.295. The Balaban J connectivity index is 2.20. The third-order valence-electron chi connectivity index (χ3n) is 4.89. The van der Waals surface area contributed by atoms with Gasteiger partial charge in [-0.05, 0) is 71.9 Å². The van der Waals surface area contributed by atoms with Crippen molar-refractivity contribution in [3.63, 3.8) is 0 Å². The van der Waals surface area contributed by atoms with Crippen molar-refractivity contribution in [2.45, 2.75) is 72.2 Å². The molecule has 1 aromatic rings. The number of hydrogen-bond donors (Lipinski definition) is 1. The molecular weight excluding hydrogens is 389 g/mol. The number of nitrogens with zero attached hydrogens (tertiary/aromatic N) is 1. The molecule has 0 radical (unpaired) electrons. The second kappa shape index (κ2) is 9.33. The number of halogens is 1. The fourth-order valence-electron chi connectivity index (χ4n) is 3.56. The molecule has 2 rings (SSSR count). The van der Waals surface area contributed by atoms with E-state index in [1.54, 1.807) is 17.0 Å². The zero-order chi connectivity index (χ0) is 22.7. The Bertz CT molecular complexity index is 766. The summed E-state index contributed by atoms with van der Waals surface area (Å²) >= 11 is 0. The summed E-state index contributed by atoms with van der Waals surface area (Å²) in [6.07, 6.45) is 0.601. The van der Waals surface area contributed by atoms with Gasteiger partial charge in [0.05, 0.1) is 12.5 Å². The number of hydrogen-bond acceptors (Lipinski definition) is 5. The van der Waals surface area contributed by atoms with Crippen molar-refractivity contribution in [2.75, 3.05) is 13.1 Å². The maximum absolute atomic E-state index is 13.8. The van der Waals surface area contributed by atoms with Gasteiger partial charge in [-0.25, -0.2) is 9.18 Å². The van der Waals surface area contributed by atoms with E-state index in [9.17, 15) is 19.1 Å². The maximum atomic E-state index is 13.8. The third kappa shape index (κ3) is 6.97. The lowest BCUT2D eigenvalue weighted by Crippen LogP contribution is -2.38. The van der Waals surface area contributed by atoms with Crippen LogP contribution in [0.25, 0.3) is 0 Å². The molecule has 1 N–H and O–H groups in total. The predicted octanol–water partition coefficient (Wildman–Crippen LogP) is 4.08. The van der Waals surface area contributed by atoms with E-state index in [1.807, 2.05) is 41.5 Å². The average molecular weight is 424 g/mol. The van der Waals surface area contributed by atoms with E-state index in [-0.39, 0.29) is 17.5 Å². The topological polar surface area (TPSA) is 76.1 Å². The molecule has 0 spiro atoms. The Labute approximate surface area is 178 Å². The van der Waals surface area contributed by atoms with Crippen molar-refractivity contribution in [3.8, 4) is 0 Å². The number of likely N-dealkylation sites (tertiary alicyclic amines) is 1. The van der Waals surface area contributed by atoms with Crippen LogP contribution < -0.4 is 0 Å². The van der Waals surface area contributed by atoms with Crippen LogP contribution in [0, 0.1) is 17.7 Å². The number of aliphatic hydroxyl groups excluding tert-OH is 1. The van der Waals surface area contributed by atoms with Gasteiger partial charge in [0.2, 0.25) is 0 Å². The number of carbonyl (C=O) groups excluding carboxylic acids is 2. The van der Waals surface area contributed by atoms with E-state index >= 15 is 0 Å². The molecule has 1 aliphatic rings. The Kier molecular flexibility index (Phi) is 7.50. The molecule has 2 atom stereocenters. The lowest BCUT2D eigenvalue weighted by Gasteiger charge is -2.28. The van der Waals surface area contributed by atoms with Crippen LogP contribution in [0.2, 0.25) is 0 Å². The van der Waals surface area contributed by atoms with Gasteiger partial charge in [0, 0.05) is 18.7 Å². The SMILES string of the molecule is CC(C)(C)OC(=O)[C@@H](Cc1ccc(F)c(CO)c1)[C@H]1CCN(C(=O)OC(C)(C)C)C1. The van der Waals surface area contributed by atoms with Crippen LogP contribution >= 0.6 is 0 Å². The first-order chi connectivity index (χ1) is 13.8. The van der Waals surface area contributed by atoms with Crippen molar-refractivity contribution >= 4 is 12.1 Å². The van der Waals surface area contributed by atoms with Crippen LogP contribution in [0.4, 0.5) is 9.18 Å². The standard InChI is InChI=1S/C23H34FNO5/c1-22(2,3)29-20(27)18(12-15-7-8-19(24)17(11-15)14-26)16-9-10-25(13-16)21(28)30-23(4,5)6/h7-8,11,16,18,26H,9-10,12-14H2,1-6H3/t16-,18-/m0/s1. The van der Waals surface area contributed by atoms with E-state index in [0.29, 0.717) is 25.9 Å². The van der Waals surface area contributed by atoms with Crippen molar-refractivity contribution in [3.05, 3.63) is 35.1 Å². The minimum Gasteiger partial charge on any atom is -0.460 e. The number of amides is 1. The Hall–Kier alpha value is -2.15. The van der Waals surface area contributed by atoms with Gasteiger partial charge in [-0.1, -0.05) is 12.1 Å². The first kappa shape index (κ1) is 24.1. The van der Waals surface area contributed by atoms with Gasteiger partial charge in [-0.3, -0.25) is 4.79 Å².